The minimum absolute atomic E-state index is 0. The molecular formula is C19H30IN5O2S. The Morgan fingerprint density at radius 2 is 2.07 bits per heavy atom. The molecule has 0 aliphatic rings. The quantitative estimate of drug-likeness (QED) is 0.303. The number of rotatable bonds is 9. The Morgan fingerprint density at radius 3 is 2.68 bits per heavy atom. The first-order chi connectivity index (χ1) is 13.0. The molecule has 7 nitrogen and oxygen atoms in total. The summed E-state index contributed by atoms with van der Waals surface area (Å²) < 4.78 is 5.41. The highest BCUT2D eigenvalue weighted by molar-refractivity contribution is 14.0. The highest BCUT2D eigenvalue weighted by Crippen LogP contribution is 2.16. The molecule has 0 saturated carbocycles. The van der Waals surface area contributed by atoms with Gasteiger partial charge in [0.1, 0.15) is 5.76 Å². The van der Waals surface area contributed by atoms with Crippen LogP contribution in [0.3, 0.4) is 0 Å². The van der Waals surface area contributed by atoms with Crippen LogP contribution in [0.15, 0.2) is 27.0 Å². The Bertz CT molecular complexity index is 722. The van der Waals surface area contributed by atoms with Gasteiger partial charge in [-0.05, 0) is 24.3 Å². The number of thiophene rings is 1. The molecule has 1 amide bonds. The molecule has 0 fully saturated rings. The predicted molar refractivity (Wildman–Crippen MR) is 125 cm³/mol. The maximum atomic E-state index is 11.9. The summed E-state index contributed by atoms with van der Waals surface area (Å²) in [4.78, 5) is 19.4. The fraction of sp³-hybridized carbons (Fsp3) is 0.526. The third kappa shape index (κ3) is 7.42. The number of nitrogens with zero attached hydrogens (tertiary/aromatic N) is 3. The molecule has 0 unspecified atom stereocenters. The first-order valence-corrected chi connectivity index (χ1v) is 10.1. The van der Waals surface area contributed by atoms with E-state index in [0.29, 0.717) is 12.5 Å². The van der Waals surface area contributed by atoms with Crippen molar-refractivity contribution >= 4 is 47.2 Å². The van der Waals surface area contributed by atoms with Crippen molar-refractivity contribution in [3.05, 3.63) is 39.4 Å². The van der Waals surface area contributed by atoms with Crippen molar-refractivity contribution in [3.63, 3.8) is 0 Å². The van der Waals surface area contributed by atoms with E-state index in [1.807, 2.05) is 13.0 Å². The first kappa shape index (κ1) is 24.4. The van der Waals surface area contributed by atoms with Crippen LogP contribution in [0.1, 0.15) is 35.7 Å². The highest BCUT2D eigenvalue weighted by Gasteiger charge is 2.13. The first-order valence-electron chi connectivity index (χ1n) is 9.26. The van der Waals surface area contributed by atoms with Gasteiger partial charge in [-0.15, -0.1) is 35.3 Å². The molecule has 0 radical (unpaired) electrons. The highest BCUT2D eigenvalue weighted by atomic mass is 127. The molecule has 0 atom stereocenters. The average molecular weight is 519 g/mol. The monoisotopic (exact) mass is 519 g/mol. The Hall–Kier alpha value is -1.62. The summed E-state index contributed by atoms with van der Waals surface area (Å²) in [5.74, 6) is 1.49. The average Bonchev–Trinajstić information content (AvgIpc) is 3.31. The largest absolute Gasteiger partial charge is 0.361 e. The van der Waals surface area contributed by atoms with Crippen LogP contribution in [-0.2, 0) is 30.6 Å². The molecule has 0 saturated heterocycles. The maximum Gasteiger partial charge on any atom is 0.241 e. The molecule has 2 rings (SSSR count). The van der Waals surface area contributed by atoms with Crippen LogP contribution in [0, 0.1) is 0 Å². The van der Waals surface area contributed by atoms with Crippen molar-refractivity contribution in [2.75, 3.05) is 27.2 Å². The predicted octanol–water partition coefficient (Wildman–Crippen LogP) is 2.85. The fourth-order valence-electron chi connectivity index (χ4n) is 2.53. The second kappa shape index (κ2) is 12.8. The molecule has 2 N–H and O–H groups in total. The van der Waals surface area contributed by atoms with Crippen molar-refractivity contribution in [2.45, 2.75) is 39.7 Å². The summed E-state index contributed by atoms with van der Waals surface area (Å²) in [6.07, 6.45) is 2.50. The molecule has 156 valence electrons. The smallest absolute Gasteiger partial charge is 0.241 e. The molecule has 0 aliphatic carbocycles. The van der Waals surface area contributed by atoms with E-state index in [9.17, 15) is 4.79 Å². The number of amides is 1. The van der Waals surface area contributed by atoms with Crippen molar-refractivity contribution < 1.29 is 9.32 Å². The number of carbonyl (C=O) groups excluding carboxylic acids is 1. The van der Waals surface area contributed by atoms with E-state index in [-0.39, 0.29) is 36.4 Å². The number of nitrogens with one attached hydrogen (secondary N) is 2. The summed E-state index contributed by atoms with van der Waals surface area (Å²) in [5.41, 5.74) is 1.98. The summed E-state index contributed by atoms with van der Waals surface area (Å²) >= 11 is 1.74. The zero-order valence-electron chi connectivity index (χ0n) is 16.9. The maximum absolute atomic E-state index is 11.9. The van der Waals surface area contributed by atoms with Gasteiger partial charge in [0.25, 0.3) is 0 Å². The van der Waals surface area contributed by atoms with Gasteiger partial charge < -0.3 is 20.1 Å². The molecular weight excluding hydrogens is 489 g/mol. The van der Waals surface area contributed by atoms with E-state index in [1.54, 1.807) is 30.3 Å². The minimum atomic E-state index is -0.00349. The third-order valence-electron chi connectivity index (χ3n) is 4.15. The summed E-state index contributed by atoms with van der Waals surface area (Å²) in [7, 11) is 3.48. The third-order valence-corrected chi connectivity index (χ3v) is 5.09. The van der Waals surface area contributed by atoms with Crippen LogP contribution in [0.2, 0.25) is 0 Å². The van der Waals surface area contributed by atoms with E-state index in [1.165, 1.54) is 4.88 Å². The Kier molecular flexibility index (Phi) is 11.1. The summed E-state index contributed by atoms with van der Waals surface area (Å²) in [6, 6.07) is 4.16. The number of carbonyl (C=O) groups is 1. The number of hydrogen-bond donors (Lipinski definition) is 2. The Balaban J connectivity index is 0.00000392. The SMILES string of the molecule is CCc1noc(CC)c1CN=C(NCCc1cccs1)NCC(=O)N(C)C.I. The van der Waals surface area contributed by atoms with Crippen molar-refractivity contribution in [2.24, 2.45) is 4.99 Å². The molecule has 0 spiro atoms. The van der Waals surface area contributed by atoms with E-state index in [2.05, 4.69) is 39.2 Å². The minimum Gasteiger partial charge on any atom is -0.361 e. The van der Waals surface area contributed by atoms with Gasteiger partial charge in [-0.25, -0.2) is 4.99 Å². The van der Waals surface area contributed by atoms with Crippen molar-refractivity contribution in [1.29, 1.82) is 0 Å². The second-order valence-electron chi connectivity index (χ2n) is 6.30. The number of likely N-dealkylation sites (N-methyl/N-ethyl adjacent to an activating group) is 1. The van der Waals surface area contributed by atoms with Gasteiger partial charge in [-0.3, -0.25) is 4.79 Å². The standard InChI is InChI=1S/C19H29N5O2S.HI/c1-5-16-15(17(6-2)26-23-16)12-21-19(22-13-18(25)24(3)4)20-10-9-14-8-7-11-27-14;/h7-8,11H,5-6,9-10,12-13H2,1-4H3,(H2,20,21,22);1H. The lowest BCUT2D eigenvalue weighted by Gasteiger charge is -2.15. The van der Waals surface area contributed by atoms with Crippen LogP contribution in [0.25, 0.3) is 0 Å². The molecule has 0 aliphatic heterocycles. The van der Waals surface area contributed by atoms with Crippen LogP contribution in [0.4, 0.5) is 0 Å². The zero-order chi connectivity index (χ0) is 19.6. The van der Waals surface area contributed by atoms with Gasteiger partial charge in [-0.2, -0.15) is 0 Å². The lowest BCUT2D eigenvalue weighted by Crippen LogP contribution is -2.43. The number of aliphatic imine (C=N–C) groups is 1. The number of aromatic nitrogens is 1. The van der Waals surface area contributed by atoms with E-state index >= 15 is 0 Å². The van der Waals surface area contributed by atoms with Crippen molar-refractivity contribution in [1.82, 2.24) is 20.7 Å². The molecule has 0 bridgehead atoms. The second-order valence-corrected chi connectivity index (χ2v) is 7.33. The Morgan fingerprint density at radius 1 is 1.29 bits per heavy atom. The molecule has 2 aromatic heterocycles. The number of guanidine groups is 1. The van der Waals surface area contributed by atoms with Gasteiger partial charge in [0.05, 0.1) is 18.8 Å². The van der Waals surface area contributed by atoms with Crippen molar-refractivity contribution in [3.8, 4) is 0 Å². The molecule has 0 aromatic carbocycles. The lowest BCUT2D eigenvalue weighted by molar-refractivity contribution is -0.127. The molecule has 2 heterocycles. The molecule has 28 heavy (non-hydrogen) atoms. The van der Waals surface area contributed by atoms with E-state index < -0.39 is 0 Å². The van der Waals surface area contributed by atoms with E-state index in [0.717, 1.165) is 42.8 Å². The fourth-order valence-corrected chi connectivity index (χ4v) is 3.23. The van der Waals surface area contributed by atoms with Gasteiger partial charge >= 0.3 is 0 Å². The number of aryl methyl sites for hydroxylation is 2. The van der Waals surface area contributed by atoms with Gasteiger partial charge in [-0.1, -0.05) is 25.1 Å². The normalized spacial score (nSPS) is 11.1. The van der Waals surface area contributed by atoms with Crippen LogP contribution < -0.4 is 10.6 Å². The summed E-state index contributed by atoms with van der Waals surface area (Å²) in [5, 5.41) is 12.6. The topological polar surface area (TPSA) is 82.8 Å². The zero-order valence-corrected chi connectivity index (χ0v) is 20.1. The van der Waals surface area contributed by atoms with Gasteiger partial charge in [0.2, 0.25) is 5.91 Å². The van der Waals surface area contributed by atoms with Gasteiger partial charge in [0, 0.05) is 37.5 Å². The van der Waals surface area contributed by atoms with Gasteiger partial charge in [0.15, 0.2) is 5.96 Å². The van der Waals surface area contributed by atoms with Crippen LogP contribution in [-0.4, -0.2) is 49.1 Å². The molecule has 2 aromatic rings. The molecule has 9 heteroatoms. The van der Waals surface area contributed by atoms with Crippen LogP contribution in [0.5, 0.6) is 0 Å². The Labute approximate surface area is 188 Å². The number of halogens is 1. The lowest BCUT2D eigenvalue weighted by atomic mass is 10.1. The number of hydrogen-bond acceptors (Lipinski definition) is 5. The van der Waals surface area contributed by atoms with Crippen LogP contribution >= 0.6 is 35.3 Å². The summed E-state index contributed by atoms with van der Waals surface area (Å²) in [6.45, 7) is 5.51. The van der Waals surface area contributed by atoms with E-state index in [4.69, 9.17) is 4.52 Å².